The number of imidazole rings is 1. The summed E-state index contributed by atoms with van der Waals surface area (Å²) in [5.41, 5.74) is 5.93. The number of thioether (sulfide) groups is 1. The van der Waals surface area contributed by atoms with Gasteiger partial charge in [0, 0.05) is 17.6 Å². The molecule has 0 saturated carbocycles. The molecule has 1 fully saturated rings. The number of oxime groups is 1. The van der Waals surface area contributed by atoms with Gasteiger partial charge in [-0.05, 0) is 12.1 Å². The van der Waals surface area contributed by atoms with Crippen LogP contribution < -0.4 is 15.6 Å². The number of aromatic nitrogens is 5. The minimum Gasteiger partial charge on any atom is -0.477 e. The summed E-state index contributed by atoms with van der Waals surface area (Å²) < 4.78 is 7.45. The Bertz CT molecular complexity index is 1450. The Balaban J connectivity index is 1.37. The van der Waals surface area contributed by atoms with E-state index in [9.17, 15) is 19.5 Å². The van der Waals surface area contributed by atoms with Crippen molar-refractivity contribution in [1.29, 1.82) is 0 Å². The van der Waals surface area contributed by atoms with Gasteiger partial charge in [-0.15, -0.1) is 11.8 Å². The van der Waals surface area contributed by atoms with Gasteiger partial charge in [0.1, 0.15) is 37.0 Å². The van der Waals surface area contributed by atoms with E-state index in [2.05, 4.69) is 24.9 Å². The summed E-state index contributed by atoms with van der Waals surface area (Å²) in [5.74, 6) is -2.61. The van der Waals surface area contributed by atoms with Gasteiger partial charge in [-0.25, -0.2) is 9.36 Å². The monoisotopic (exact) mass is 550 g/mol. The zero-order chi connectivity index (χ0) is 25.6. The van der Waals surface area contributed by atoms with E-state index in [1.54, 1.807) is 29.0 Å². The largest absolute Gasteiger partial charge is 0.477 e. The zero-order valence-corrected chi connectivity index (χ0v) is 20.7. The fraction of sp³-hybridized carbons (Fsp3) is 0.263. The molecule has 5 heterocycles. The molecule has 4 N–H and O–H groups in total. The van der Waals surface area contributed by atoms with Crippen molar-refractivity contribution < 1.29 is 28.9 Å². The Kier molecular flexibility index (Phi) is 6.23. The van der Waals surface area contributed by atoms with Crippen LogP contribution in [-0.2, 0) is 25.8 Å². The summed E-state index contributed by atoms with van der Waals surface area (Å²) in [5, 5.41) is 19.7. The maximum atomic E-state index is 12.9. The standard InChI is InChI=1S/C19H16ClN9O5S2/c1-34-25-12(14-23-19(21)36-26-14)15(30)22-13-16(31)29-9(18(32)33)6-8(35-17(13)29)7-27-4-5-28-11(27)3-2-10(20)24-28/h2-6,8,13,17H,7H2,1H3,(H3-,21,22,23,26,30,32,33)/p+1/b25-12-/t8?,13-,17-/m1/s1. The molecule has 1 unspecified atom stereocenters. The van der Waals surface area contributed by atoms with E-state index in [0.29, 0.717) is 11.7 Å². The number of β-lactam (4-membered cyclic amide) rings is 1. The number of aliphatic carboxylic acids is 1. The van der Waals surface area contributed by atoms with Crippen LogP contribution in [0.5, 0.6) is 0 Å². The molecule has 0 spiro atoms. The molecule has 2 aliphatic heterocycles. The first-order valence-electron chi connectivity index (χ1n) is 10.3. The maximum absolute atomic E-state index is 12.9. The van der Waals surface area contributed by atoms with Crippen LogP contribution in [0, 0.1) is 0 Å². The second-order valence-corrected chi connectivity index (χ2v) is 10.1. The van der Waals surface area contributed by atoms with Crippen molar-refractivity contribution in [1.82, 2.24) is 29.2 Å². The quantitative estimate of drug-likeness (QED) is 0.150. The van der Waals surface area contributed by atoms with Gasteiger partial charge in [-0.2, -0.15) is 9.36 Å². The van der Waals surface area contributed by atoms with Crippen LogP contribution in [0.15, 0.2) is 41.5 Å². The average molecular weight is 551 g/mol. The first kappa shape index (κ1) is 24.0. The summed E-state index contributed by atoms with van der Waals surface area (Å²) in [4.78, 5) is 47.5. The van der Waals surface area contributed by atoms with Gasteiger partial charge in [-0.1, -0.05) is 26.4 Å². The minimum atomic E-state index is -1.24. The van der Waals surface area contributed by atoms with Crippen LogP contribution in [0.2, 0.25) is 5.15 Å². The lowest BCUT2D eigenvalue weighted by Gasteiger charge is -2.49. The van der Waals surface area contributed by atoms with Gasteiger partial charge in [0.15, 0.2) is 16.5 Å². The molecular formula is C19H17ClN9O5S2+. The Labute approximate surface area is 215 Å². The number of hydrogen-bond acceptors (Lipinski definition) is 11. The van der Waals surface area contributed by atoms with Gasteiger partial charge in [-0.3, -0.25) is 14.5 Å². The van der Waals surface area contributed by atoms with Gasteiger partial charge in [0.25, 0.3) is 11.8 Å². The number of nitrogen functional groups attached to an aromatic ring is 1. The predicted molar refractivity (Wildman–Crippen MR) is 128 cm³/mol. The van der Waals surface area contributed by atoms with Crippen molar-refractivity contribution >= 4 is 69.2 Å². The van der Waals surface area contributed by atoms with Gasteiger partial charge < -0.3 is 21.0 Å². The molecule has 2 amide bonds. The van der Waals surface area contributed by atoms with Crippen LogP contribution in [-0.4, -0.2) is 76.2 Å². The Morgan fingerprint density at radius 2 is 2.22 bits per heavy atom. The number of carbonyl (C=O) groups is 3. The minimum absolute atomic E-state index is 0.0496. The molecule has 1 saturated heterocycles. The molecule has 0 radical (unpaired) electrons. The molecule has 3 aromatic rings. The van der Waals surface area contributed by atoms with Crippen LogP contribution in [0.1, 0.15) is 5.82 Å². The number of anilines is 1. The third-order valence-electron chi connectivity index (χ3n) is 5.38. The molecule has 17 heteroatoms. The molecule has 0 aliphatic carbocycles. The smallest absolute Gasteiger partial charge is 0.352 e. The number of fused-ring (bicyclic) bond motifs is 2. The van der Waals surface area contributed by atoms with Crippen molar-refractivity contribution in [2.75, 3.05) is 12.8 Å². The molecule has 186 valence electrons. The summed E-state index contributed by atoms with van der Waals surface area (Å²) in [6.45, 7) is 0.388. The Morgan fingerprint density at radius 1 is 1.42 bits per heavy atom. The molecular weight excluding hydrogens is 534 g/mol. The number of hydrogen-bond donors (Lipinski definition) is 3. The van der Waals surface area contributed by atoms with Crippen LogP contribution in [0.4, 0.5) is 5.13 Å². The second-order valence-electron chi connectivity index (χ2n) is 7.57. The first-order valence-corrected chi connectivity index (χ1v) is 12.3. The molecule has 2 aliphatic rings. The number of carboxylic acid groups (broad SMARTS) is 1. The van der Waals surface area contributed by atoms with Crippen LogP contribution >= 0.6 is 34.9 Å². The summed E-state index contributed by atoms with van der Waals surface area (Å²) in [6.07, 6.45) is 5.05. The van der Waals surface area contributed by atoms with Crippen molar-refractivity contribution in [3.63, 3.8) is 0 Å². The second kappa shape index (κ2) is 9.36. The van der Waals surface area contributed by atoms with Gasteiger partial charge in [0.2, 0.25) is 11.5 Å². The predicted octanol–water partition coefficient (Wildman–Crippen LogP) is -0.503. The van der Waals surface area contributed by atoms with E-state index in [1.807, 2.05) is 4.57 Å². The van der Waals surface area contributed by atoms with Crippen molar-refractivity contribution in [2.24, 2.45) is 5.16 Å². The fourth-order valence-corrected chi connectivity index (χ4v) is 5.94. The molecule has 3 atom stereocenters. The highest BCUT2D eigenvalue weighted by Gasteiger charge is 2.55. The molecule has 14 nitrogen and oxygen atoms in total. The Hall–Kier alpha value is -3.76. The van der Waals surface area contributed by atoms with Gasteiger partial charge >= 0.3 is 11.6 Å². The number of carboxylic acids is 1. The number of carbonyl (C=O) groups excluding carboxylic acids is 2. The Morgan fingerprint density at radius 3 is 2.92 bits per heavy atom. The van der Waals surface area contributed by atoms with E-state index >= 15 is 0 Å². The number of halogens is 1. The number of amides is 2. The lowest BCUT2D eigenvalue weighted by Crippen LogP contribution is -2.71. The maximum Gasteiger partial charge on any atom is 0.352 e. The fourth-order valence-electron chi connectivity index (χ4n) is 3.87. The zero-order valence-electron chi connectivity index (χ0n) is 18.3. The highest BCUT2D eigenvalue weighted by atomic mass is 35.5. The van der Waals surface area contributed by atoms with Crippen molar-refractivity contribution in [3.05, 3.63) is 47.3 Å². The molecule has 3 aromatic heterocycles. The summed E-state index contributed by atoms with van der Waals surface area (Å²) in [6, 6.07) is 2.45. The highest BCUT2D eigenvalue weighted by molar-refractivity contribution is 8.00. The lowest BCUT2D eigenvalue weighted by molar-refractivity contribution is -0.669. The molecule has 0 bridgehead atoms. The van der Waals surface area contributed by atoms with E-state index in [-0.39, 0.29) is 27.6 Å². The number of nitrogens with two attached hydrogens (primary N) is 1. The van der Waals surface area contributed by atoms with Gasteiger partial charge in [0.05, 0.1) is 5.25 Å². The van der Waals surface area contributed by atoms with E-state index in [1.165, 1.54) is 24.9 Å². The normalized spacial score (nSPS) is 21.6. The highest BCUT2D eigenvalue weighted by Crippen LogP contribution is 2.41. The van der Waals surface area contributed by atoms with E-state index in [4.69, 9.17) is 22.2 Å². The van der Waals surface area contributed by atoms with Crippen LogP contribution in [0.25, 0.3) is 5.65 Å². The number of nitrogens with zero attached hydrogens (tertiary/aromatic N) is 7. The van der Waals surface area contributed by atoms with Crippen LogP contribution in [0.3, 0.4) is 0 Å². The number of nitrogens with one attached hydrogen (secondary N) is 1. The van der Waals surface area contributed by atoms with E-state index in [0.717, 1.165) is 22.1 Å². The average Bonchev–Trinajstić information content (AvgIpc) is 3.45. The number of rotatable bonds is 7. The van der Waals surface area contributed by atoms with E-state index < -0.39 is 29.2 Å². The lowest BCUT2D eigenvalue weighted by atomic mass is 10.0. The topological polar surface area (TPSA) is 181 Å². The van der Waals surface area contributed by atoms with Crippen molar-refractivity contribution in [2.45, 2.75) is 23.2 Å². The molecule has 36 heavy (non-hydrogen) atoms. The summed E-state index contributed by atoms with van der Waals surface area (Å²) >= 11 is 8.17. The SMILES string of the molecule is CO/N=C(\C(=O)N[C@@H]1C(=O)N2C(C(=O)O)=CC(C[n+]3ccn4nc(Cl)ccc43)S[C@H]12)c1nsc(N)n1. The summed E-state index contributed by atoms with van der Waals surface area (Å²) in [7, 11) is 1.25. The third kappa shape index (κ3) is 4.22. The van der Waals surface area contributed by atoms with Crippen molar-refractivity contribution in [3.8, 4) is 0 Å². The molecule has 0 aromatic carbocycles. The third-order valence-corrected chi connectivity index (χ3v) is 7.52. The molecule has 5 rings (SSSR count). The first-order chi connectivity index (χ1) is 17.3.